The molecule has 0 spiro atoms. The van der Waals surface area contributed by atoms with Crippen molar-refractivity contribution in [2.24, 2.45) is 5.92 Å². The standard InChI is InChI=1S/C13H18N2O2.ClH/c1-17-9-10-6-7-15(8-10)13(16)11-4-2-3-5-12(11)14;/h2-5,10H,6-9,14H2,1H3;1H. The first-order valence-corrected chi connectivity index (χ1v) is 5.85. The molecule has 5 heteroatoms. The Bertz CT molecular complexity index is 412. The third-order valence-corrected chi connectivity index (χ3v) is 3.17. The number of anilines is 1. The molecule has 2 rings (SSSR count). The summed E-state index contributed by atoms with van der Waals surface area (Å²) in [6, 6.07) is 7.22. The van der Waals surface area contributed by atoms with Crippen LogP contribution in [0.5, 0.6) is 0 Å². The van der Waals surface area contributed by atoms with E-state index in [1.165, 1.54) is 0 Å². The molecule has 1 heterocycles. The van der Waals surface area contributed by atoms with Crippen LogP contribution in [0.1, 0.15) is 16.8 Å². The Morgan fingerprint density at radius 2 is 2.22 bits per heavy atom. The van der Waals surface area contributed by atoms with Gasteiger partial charge in [-0.25, -0.2) is 0 Å². The zero-order chi connectivity index (χ0) is 12.3. The van der Waals surface area contributed by atoms with Crippen LogP contribution in [0.3, 0.4) is 0 Å². The van der Waals surface area contributed by atoms with E-state index in [2.05, 4.69) is 0 Å². The average Bonchev–Trinajstić information content (AvgIpc) is 2.78. The number of likely N-dealkylation sites (tertiary alicyclic amines) is 1. The van der Waals surface area contributed by atoms with Crippen molar-refractivity contribution in [3.8, 4) is 0 Å². The van der Waals surface area contributed by atoms with Crippen molar-refractivity contribution < 1.29 is 9.53 Å². The van der Waals surface area contributed by atoms with E-state index in [1.807, 2.05) is 17.0 Å². The molecule has 2 N–H and O–H groups in total. The molecule has 0 saturated carbocycles. The molecule has 1 atom stereocenters. The van der Waals surface area contributed by atoms with Gasteiger partial charge in [-0.05, 0) is 18.6 Å². The molecule has 0 radical (unpaired) electrons. The second-order valence-electron chi connectivity index (χ2n) is 4.45. The number of halogens is 1. The highest BCUT2D eigenvalue weighted by molar-refractivity contribution is 5.99. The molecule has 1 saturated heterocycles. The fourth-order valence-electron chi connectivity index (χ4n) is 2.25. The van der Waals surface area contributed by atoms with Gasteiger partial charge in [0.2, 0.25) is 0 Å². The van der Waals surface area contributed by atoms with E-state index >= 15 is 0 Å². The molecule has 0 aromatic heterocycles. The van der Waals surface area contributed by atoms with Crippen molar-refractivity contribution in [3.63, 3.8) is 0 Å². The number of methoxy groups -OCH3 is 1. The van der Waals surface area contributed by atoms with Crippen molar-refractivity contribution >= 4 is 24.0 Å². The molecule has 1 aliphatic rings. The Morgan fingerprint density at radius 3 is 2.89 bits per heavy atom. The van der Waals surface area contributed by atoms with Gasteiger partial charge in [0.05, 0.1) is 12.2 Å². The maximum Gasteiger partial charge on any atom is 0.255 e. The van der Waals surface area contributed by atoms with Gasteiger partial charge in [0.15, 0.2) is 0 Å². The minimum atomic E-state index is 0. The summed E-state index contributed by atoms with van der Waals surface area (Å²) >= 11 is 0. The van der Waals surface area contributed by atoms with Gasteiger partial charge in [-0.2, -0.15) is 0 Å². The van der Waals surface area contributed by atoms with Crippen molar-refractivity contribution in [1.82, 2.24) is 4.90 Å². The van der Waals surface area contributed by atoms with Gasteiger partial charge in [0.25, 0.3) is 5.91 Å². The number of rotatable bonds is 3. The predicted octanol–water partition coefficient (Wildman–Crippen LogP) is 1.80. The first-order valence-electron chi connectivity index (χ1n) is 5.85. The molecular formula is C13H19ClN2O2. The van der Waals surface area contributed by atoms with Crippen LogP contribution in [0.25, 0.3) is 0 Å². The van der Waals surface area contributed by atoms with E-state index in [4.69, 9.17) is 10.5 Å². The first kappa shape index (κ1) is 14.8. The number of hydrogen-bond acceptors (Lipinski definition) is 3. The lowest BCUT2D eigenvalue weighted by molar-refractivity contribution is 0.0776. The van der Waals surface area contributed by atoms with Gasteiger partial charge in [-0.1, -0.05) is 12.1 Å². The SMILES string of the molecule is COCC1CCN(C(=O)c2ccccc2N)C1.Cl. The van der Waals surface area contributed by atoms with Gasteiger partial charge in [-0.3, -0.25) is 4.79 Å². The zero-order valence-corrected chi connectivity index (χ0v) is 11.3. The number of carbonyl (C=O) groups excluding carboxylic acids is 1. The van der Waals surface area contributed by atoms with Crippen LogP contribution in [0.2, 0.25) is 0 Å². The fraction of sp³-hybridized carbons (Fsp3) is 0.462. The van der Waals surface area contributed by atoms with E-state index < -0.39 is 0 Å². The maximum atomic E-state index is 12.2. The lowest BCUT2D eigenvalue weighted by Crippen LogP contribution is -2.29. The summed E-state index contributed by atoms with van der Waals surface area (Å²) < 4.78 is 5.12. The van der Waals surface area contributed by atoms with Gasteiger partial charge < -0.3 is 15.4 Å². The number of para-hydroxylation sites is 1. The Kier molecular flexibility index (Phi) is 5.44. The molecule has 1 aliphatic heterocycles. The summed E-state index contributed by atoms with van der Waals surface area (Å²) in [4.78, 5) is 14.1. The second-order valence-corrected chi connectivity index (χ2v) is 4.45. The Morgan fingerprint density at radius 1 is 1.50 bits per heavy atom. The monoisotopic (exact) mass is 270 g/mol. The van der Waals surface area contributed by atoms with E-state index in [0.29, 0.717) is 23.8 Å². The van der Waals surface area contributed by atoms with Crippen LogP contribution in [-0.4, -0.2) is 37.6 Å². The number of carbonyl (C=O) groups is 1. The summed E-state index contributed by atoms with van der Waals surface area (Å²) in [5.41, 5.74) is 6.96. The largest absolute Gasteiger partial charge is 0.398 e. The second kappa shape index (κ2) is 6.61. The number of nitrogen functional groups attached to an aromatic ring is 1. The van der Waals surface area contributed by atoms with Crippen LogP contribution < -0.4 is 5.73 Å². The number of amides is 1. The molecular weight excluding hydrogens is 252 g/mol. The smallest absolute Gasteiger partial charge is 0.255 e. The number of benzene rings is 1. The Hall–Kier alpha value is -1.26. The Balaban J connectivity index is 0.00000162. The summed E-state index contributed by atoms with van der Waals surface area (Å²) in [6.45, 7) is 2.27. The lowest BCUT2D eigenvalue weighted by Gasteiger charge is -2.17. The minimum absolute atomic E-state index is 0. The first-order chi connectivity index (χ1) is 8.22. The summed E-state index contributed by atoms with van der Waals surface area (Å²) in [5, 5.41) is 0. The third kappa shape index (κ3) is 3.15. The highest BCUT2D eigenvalue weighted by atomic mass is 35.5. The van der Waals surface area contributed by atoms with E-state index in [-0.39, 0.29) is 18.3 Å². The molecule has 1 unspecified atom stereocenters. The van der Waals surface area contributed by atoms with Crippen molar-refractivity contribution in [2.75, 3.05) is 32.5 Å². The summed E-state index contributed by atoms with van der Waals surface area (Å²) in [7, 11) is 1.69. The number of hydrogen-bond donors (Lipinski definition) is 1. The van der Waals surface area contributed by atoms with Gasteiger partial charge >= 0.3 is 0 Å². The van der Waals surface area contributed by atoms with Crippen LogP contribution in [-0.2, 0) is 4.74 Å². The molecule has 4 nitrogen and oxygen atoms in total. The predicted molar refractivity (Wildman–Crippen MR) is 74.0 cm³/mol. The van der Waals surface area contributed by atoms with Crippen molar-refractivity contribution in [3.05, 3.63) is 29.8 Å². The molecule has 1 aromatic carbocycles. The fourth-order valence-corrected chi connectivity index (χ4v) is 2.25. The van der Waals surface area contributed by atoms with Gasteiger partial charge in [0.1, 0.15) is 0 Å². The average molecular weight is 271 g/mol. The maximum absolute atomic E-state index is 12.2. The molecule has 1 aromatic rings. The van der Waals surface area contributed by atoms with Crippen molar-refractivity contribution in [2.45, 2.75) is 6.42 Å². The number of nitrogens with zero attached hydrogens (tertiary/aromatic N) is 1. The number of ether oxygens (including phenoxy) is 1. The summed E-state index contributed by atoms with van der Waals surface area (Å²) in [6.07, 6.45) is 1.01. The molecule has 0 bridgehead atoms. The van der Waals surface area contributed by atoms with E-state index in [1.54, 1.807) is 19.2 Å². The minimum Gasteiger partial charge on any atom is -0.398 e. The van der Waals surface area contributed by atoms with Gasteiger partial charge in [-0.15, -0.1) is 12.4 Å². The lowest BCUT2D eigenvalue weighted by atomic mass is 10.1. The summed E-state index contributed by atoms with van der Waals surface area (Å²) in [5.74, 6) is 0.482. The van der Waals surface area contributed by atoms with Crippen LogP contribution in [0.15, 0.2) is 24.3 Å². The highest BCUT2D eigenvalue weighted by Gasteiger charge is 2.27. The van der Waals surface area contributed by atoms with E-state index in [9.17, 15) is 4.79 Å². The molecule has 100 valence electrons. The third-order valence-electron chi connectivity index (χ3n) is 3.17. The highest BCUT2D eigenvalue weighted by Crippen LogP contribution is 2.21. The molecule has 1 fully saturated rings. The molecule has 18 heavy (non-hydrogen) atoms. The van der Waals surface area contributed by atoms with Crippen LogP contribution >= 0.6 is 12.4 Å². The van der Waals surface area contributed by atoms with Crippen LogP contribution in [0.4, 0.5) is 5.69 Å². The van der Waals surface area contributed by atoms with E-state index in [0.717, 1.165) is 19.5 Å². The van der Waals surface area contributed by atoms with Crippen molar-refractivity contribution in [1.29, 1.82) is 0 Å². The quantitative estimate of drug-likeness (QED) is 0.852. The molecule has 0 aliphatic carbocycles. The zero-order valence-electron chi connectivity index (χ0n) is 10.5. The number of nitrogens with two attached hydrogens (primary N) is 1. The Labute approximate surface area is 114 Å². The normalized spacial score (nSPS) is 18.5. The molecule has 1 amide bonds. The van der Waals surface area contributed by atoms with Crippen LogP contribution in [0, 0.1) is 5.92 Å². The topological polar surface area (TPSA) is 55.6 Å². The van der Waals surface area contributed by atoms with Gasteiger partial charge in [0, 0.05) is 31.8 Å².